The van der Waals surface area contributed by atoms with Crippen molar-refractivity contribution in [2.75, 3.05) is 13.2 Å². The molecule has 1 aliphatic heterocycles. The van der Waals surface area contributed by atoms with Crippen molar-refractivity contribution in [3.8, 4) is 0 Å². The van der Waals surface area contributed by atoms with Crippen LogP contribution in [0.1, 0.15) is 49.7 Å². The number of carboxylic acid groups (broad SMARTS) is 1. The third-order valence-corrected chi connectivity index (χ3v) is 4.92. The average Bonchev–Trinajstić information content (AvgIpc) is 3.00. The van der Waals surface area contributed by atoms with Gasteiger partial charge in [0.2, 0.25) is 0 Å². The van der Waals surface area contributed by atoms with Gasteiger partial charge in [0.05, 0.1) is 6.10 Å². The van der Waals surface area contributed by atoms with Crippen molar-refractivity contribution in [2.24, 2.45) is 0 Å². The van der Waals surface area contributed by atoms with Crippen molar-refractivity contribution in [3.63, 3.8) is 0 Å². The van der Waals surface area contributed by atoms with Crippen LogP contribution in [0.15, 0.2) is 24.3 Å². The summed E-state index contributed by atoms with van der Waals surface area (Å²) in [6, 6.07) is 7.95. The van der Waals surface area contributed by atoms with Crippen LogP contribution in [0.3, 0.4) is 0 Å². The molecule has 1 saturated heterocycles. The van der Waals surface area contributed by atoms with Crippen molar-refractivity contribution in [3.05, 3.63) is 35.4 Å². The van der Waals surface area contributed by atoms with E-state index in [2.05, 4.69) is 18.3 Å². The fourth-order valence-corrected chi connectivity index (χ4v) is 3.61. The van der Waals surface area contributed by atoms with E-state index in [0.717, 1.165) is 37.0 Å². The van der Waals surface area contributed by atoms with Gasteiger partial charge >= 0.3 is 5.97 Å². The highest BCUT2D eigenvalue weighted by Gasteiger charge is 2.45. The maximum Gasteiger partial charge on any atom is 0.328 e. The minimum Gasteiger partial charge on any atom is -0.480 e. The molecule has 2 aliphatic rings. The van der Waals surface area contributed by atoms with Crippen LogP contribution in [-0.2, 0) is 15.1 Å². The van der Waals surface area contributed by atoms with Gasteiger partial charge in [0.1, 0.15) is 5.54 Å². The Morgan fingerprint density at radius 3 is 2.95 bits per heavy atom. The Hall–Kier alpha value is -1.39. The van der Waals surface area contributed by atoms with E-state index in [1.54, 1.807) is 0 Å². The molecule has 0 radical (unpaired) electrons. The zero-order chi connectivity index (χ0) is 14.9. The molecule has 0 amide bonds. The van der Waals surface area contributed by atoms with E-state index in [0.29, 0.717) is 18.9 Å². The van der Waals surface area contributed by atoms with Gasteiger partial charge in [-0.15, -0.1) is 0 Å². The second-order valence-corrected chi connectivity index (χ2v) is 6.25. The Labute approximate surface area is 125 Å². The molecule has 1 aromatic rings. The maximum atomic E-state index is 12.0. The van der Waals surface area contributed by atoms with Crippen molar-refractivity contribution in [1.29, 1.82) is 0 Å². The lowest BCUT2D eigenvalue weighted by atomic mass is 9.72. The molecular weight excluding hydrogens is 266 g/mol. The summed E-state index contributed by atoms with van der Waals surface area (Å²) in [6.45, 7) is 3.57. The molecule has 1 fully saturated rings. The van der Waals surface area contributed by atoms with E-state index in [4.69, 9.17) is 4.74 Å². The Morgan fingerprint density at radius 2 is 2.24 bits per heavy atom. The predicted octanol–water partition coefficient (Wildman–Crippen LogP) is 2.63. The Kier molecular flexibility index (Phi) is 4.00. The molecule has 3 unspecified atom stereocenters. The summed E-state index contributed by atoms with van der Waals surface area (Å²) in [7, 11) is 0. The number of nitrogens with one attached hydrogen (secondary N) is 1. The minimum atomic E-state index is -0.963. The lowest BCUT2D eigenvalue weighted by molar-refractivity contribution is -0.146. The highest BCUT2D eigenvalue weighted by atomic mass is 16.5. The molecule has 1 aliphatic carbocycles. The predicted molar refractivity (Wildman–Crippen MR) is 80.4 cm³/mol. The number of ether oxygens (including phenoxy) is 1. The van der Waals surface area contributed by atoms with Crippen molar-refractivity contribution in [1.82, 2.24) is 5.32 Å². The van der Waals surface area contributed by atoms with E-state index >= 15 is 0 Å². The number of hydrogen-bond acceptors (Lipinski definition) is 3. The van der Waals surface area contributed by atoms with Crippen molar-refractivity contribution in [2.45, 2.75) is 50.2 Å². The number of aliphatic carboxylic acids is 1. The van der Waals surface area contributed by atoms with Crippen LogP contribution in [0.2, 0.25) is 0 Å². The largest absolute Gasteiger partial charge is 0.480 e. The summed E-state index contributed by atoms with van der Waals surface area (Å²) >= 11 is 0. The second-order valence-electron chi connectivity index (χ2n) is 6.25. The van der Waals surface area contributed by atoms with Gasteiger partial charge in [-0.2, -0.15) is 0 Å². The molecular formula is C17H23NO3. The molecule has 3 atom stereocenters. The number of carbonyl (C=O) groups is 1. The standard InChI is InChI=1S/C17H23NO3/c1-12-8-9-17(16(19)20,15-7-3-2-6-14(12)15)18-11-13-5-4-10-21-13/h2-3,6-7,12-13,18H,4-5,8-11H2,1H3,(H,19,20). The molecule has 21 heavy (non-hydrogen) atoms. The normalized spacial score (nSPS) is 31.9. The van der Waals surface area contributed by atoms with Crippen LogP contribution in [0.4, 0.5) is 0 Å². The van der Waals surface area contributed by atoms with E-state index < -0.39 is 11.5 Å². The number of rotatable bonds is 4. The lowest BCUT2D eigenvalue weighted by Gasteiger charge is -2.39. The van der Waals surface area contributed by atoms with Crippen LogP contribution in [-0.4, -0.2) is 30.3 Å². The summed E-state index contributed by atoms with van der Waals surface area (Å²) in [6.07, 6.45) is 3.75. The summed E-state index contributed by atoms with van der Waals surface area (Å²) in [5, 5.41) is 13.2. The molecule has 114 valence electrons. The molecule has 2 N–H and O–H groups in total. The molecule has 1 aromatic carbocycles. The number of hydrogen-bond donors (Lipinski definition) is 2. The fraction of sp³-hybridized carbons (Fsp3) is 0.588. The summed E-state index contributed by atoms with van der Waals surface area (Å²) in [5.41, 5.74) is 1.12. The Morgan fingerprint density at radius 1 is 1.43 bits per heavy atom. The first kappa shape index (κ1) is 14.5. The topological polar surface area (TPSA) is 58.6 Å². The van der Waals surface area contributed by atoms with E-state index in [1.807, 2.05) is 18.2 Å². The van der Waals surface area contributed by atoms with Crippen LogP contribution < -0.4 is 5.32 Å². The average molecular weight is 289 g/mol. The number of benzene rings is 1. The van der Waals surface area contributed by atoms with Gasteiger partial charge in [0.25, 0.3) is 0 Å². The monoisotopic (exact) mass is 289 g/mol. The Balaban J connectivity index is 1.90. The first-order chi connectivity index (χ1) is 10.1. The van der Waals surface area contributed by atoms with Gasteiger partial charge in [0.15, 0.2) is 0 Å². The van der Waals surface area contributed by atoms with Crippen LogP contribution in [0.25, 0.3) is 0 Å². The molecule has 3 rings (SSSR count). The van der Waals surface area contributed by atoms with Crippen molar-refractivity contribution >= 4 is 5.97 Å². The molecule has 4 heteroatoms. The van der Waals surface area contributed by atoms with Gasteiger partial charge in [-0.3, -0.25) is 5.32 Å². The smallest absolute Gasteiger partial charge is 0.328 e. The molecule has 0 saturated carbocycles. The molecule has 0 aromatic heterocycles. The zero-order valence-corrected chi connectivity index (χ0v) is 12.5. The van der Waals surface area contributed by atoms with Gasteiger partial charge in [-0.05, 0) is 42.7 Å². The third-order valence-electron chi connectivity index (χ3n) is 4.92. The second kappa shape index (κ2) is 5.78. The number of carboxylic acids is 1. The van der Waals surface area contributed by atoms with Crippen LogP contribution in [0.5, 0.6) is 0 Å². The van der Waals surface area contributed by atoms with E-state index in [-0.39, 0.29) is 6.10 Å². The van der Waals surface area contributed by atoms with Crippen molar-refractivity contribution < 1.29 is 14.6 Å². The van der Waals surface area contributed by atoms with Gasteiger partial charge < -0.3 is 9.84 Å². The van der Waals surface area contributed by atoms with Gasteiger partial charge in [0, 0.05) is 13.2 Å². The summed E-state index contributed by atoms with van der Waals surface area (Å²) in [4.78, 5) is 12.0. The summed E-state index contributed by atoms with van der Waals surface area (Å²) < 4.78 is 5.62. The van der Waals surface area contributed by atoms with E-state index in [9.17, 15) is 9.90 Å². The van der Waals surface area contributed by atoms with Gasteiger partial charge in [-0.25, -0.2) is 4.79 Å². The van der Waals surface area contributed by atoms with Gasteiger partial charge in [-0.1, -0.05) is 31.2 Å². The van der Waals surface area contributed by atoms with Crippen LogP contribution >= 0.6 is 0 Å². The molecule has 0 spiro atoms. The first-order valence-electron chi connectivity index (χ1n) is 7.83. The van der Waals surface area contributed by atoms with Crippen LogP contribution in [0, 0.1) is 0 Å². The highest BCUT2D eigenvalue weighted by Crippen LogP contribution is 2.41. The highest BCUT2D eigenvalue weighted by molar-refractivity contribution is 5.82. The third kappa shape index (κ3) is 2.58. The zero-order valence-electron chi connectivity index (χ0n) is 12.5. The maximum absolute atomic E-state index is 12.0. The summed E-state index contributed by atoms with van der Waals surface area (Å²) in [5.74, 6) is -0.363. The SMILES string of the molecule is CC1CCC(NCC2CCCO2)(C(=O)O)c2ccccc21. The molecule has 0 bridgehead atoms. The fourth-order valence-electron chi connectivity index (χ4n) is 3.61. The Bertz CT molecular complexity index is 525. The van der Waals surface area contributed by atoms with E-state index in [1.165, 1.54) is 0 Å². The lowest BCUT2D eigenvalue weighted by Crippen LogP contribution is -2.53. The molecule has 4 nitrogen and oxygen atoms in total. The quantitative estimate of drug-likeness (QED) is 0.894. The number of fused-ring (bicyclic) bond motifs is 1. The molecule has 1 heterocycles. The minimum absolute atomic E-state index is 0.146. The first-order valence-corrected chi connectivity index (χ1v) is 7.83.